The number of aromatic hydroxyl groups is 1. The molecule has 152 valence electrons. The molecule has 3 fully saturated rings. The average molecular weight is 393 g/mol. The van der Waals surface area contributed by atoms with Crippen LogP contribution in [0.5, 0.6) is 5.75 Å². The molecule has 0 spiro atoms. The Morgan fingerprint density at radius 2 is 1.93 bits per heavy atom. The van der Waals surface area contributed by atoms with Gasteiger partial charge in [-0.1, -0.05) is 32.9 Å². The van der Waals surface area contributed by atoms with Gasteiger partial charge in [0.15, 0.2) is 0 Å². The molecular formula is C23H27N3O3. The van der Waals surface area contributed by atoms with Gasteiger partial charge in [0.25, 0.3) is 5.91 Å². The van der Waals surface area contributed by atoms with E-state index < -0.39 is 5.91 Å². The van der Waals surface area contributed by atoms with Crippen LogP contribution in [0.4, 0.5) is 5.69 Å². The van der Waals surface area contributed by atoms with E-state index in [0.717, 1.165) is 30.4 Å². The number of hydrogen-bond acceptors (Lipinski definition) is 4. The number of anilines is 1. The Balaban J connectivity index is 1.60. The predicted molar refractivity (Wildman–Crippen MR) is 111 cm³/mol. The van der Waals surface area contributed by atoms with E-state index in [4.69, 9.17) is 5.73 Å². The number of aromatic nitrogens is 1. The summed E-state index contributed by atoms with van der Waals surface area (Å²) in [4.78, 5) is 29.0. The van der Waals surface area contributed by atoms with E-state index in [1.54, 1.807) is 12.1 Å². The fraction of sp³-hybridized carbons (Fsp3) is 0.435. The van der Waals surface area contributed by atoms with E-state index in [1.807, 2.05) is 12.1 Å². The van der Waals surface area contributed by atoms with Crippen molar-refractivity contribution in [2.75, 3.05) is 5.32 Å². The van der Waals surface area contributed by atoms with E-state index >= 15 is 0 Å². The van der Waals surface area contributed by atoms with E-state index in [0.29, 0.717) is 17.2 Å². The van der Waals surface area contributed by atoms with Crippen molar-refractivity contribution in [3.8, 4) is 5.75 Å². The molecule has 6 heteroatoms. The van der Waals surface area contributed by atoms with Crippen molar-refractivity contribution in [3.05, 3.63) is 52.8 Å². The molecule has 2 bridgehead atoms. The lowest BCUT2D eigenvalue weighted by Gasteiger charge is -2.62. The Morgan fingerprint density at radius 1 is 1.24 bits per heavy atom. The number of primary amides is 1. The minimum atomic E-state index is -0.573. The van der Waals surface area contributed by atoms with Crippen LogP contribution in [0.2, 0.25) is 0 Å². The van der Waals surface area contributed by atoms with Crippen molar-refractivity contribution in [2.45, 2.75) is 57.3 Å². The van der Waals surface area contributed by atoms with Gasteiger partial charge in [0.05, 0.1) is 6.42 Å². The lowest BCUT2D eigenvalue weighted by molar-refractivity contribution is -0.115. The predicted octanol–water partition coefficient (Wildman–Crippen LogP) is 3.42. The van der Waals surface area contributed by atoms with Crippen molar-refractivity contribution < 1.29 is 14.7 Å². The molecule has 0 radical (unpaired) electrons. The summed E-state index contributed by atoms with van der Waals surface area (Å²) < 4.78 is 0. The molecule has 5 rings (SSSR count). The lowest BCUT2D eigenvalue weighted by atomic mass is 9.42. The van der Waals surface area contributed by atoms with Gasteiger partial charge in [0, 0.05) is 28.4 Å². The zero-order chi connectivity index (χ0) is 21.0. The van der Waals surface area contributed by atoms with Gasteiger partial charge >= 0.3 is 0 Å². The van der Waals surface area contributed by atoms with Crippen LogP contribution in [0.1, 0.15) is 67.2 Å². The van der Waals surface area contributed by atoms with Gasteiger partial charge in [-0.3, -0.25) is 14.6 Å². The molecule has 2 aromatic rings. The van der Waals surface area contributed by atoms with Gasteiger partial charge in [-0.05, 0) is 48.3 Å². The molecule has 1 aromatic heterocycles. The normalized spacial score (nSPS) is 22.4. The van der Waals surface area contributed by atoms with E-state index in [1.165, 1.54) is 6.20 Å². The summed E-state index contributed by atoms with van der Waals surface area (Å²) >= 11 is 0. The second-order valence-electron chi connectivity index (χ2n) is 9.52. The van der Waals surface area contributed by atoms with Crippen LogP contribution in [0.25, 0.3) is 0 Å². The van der Waals surface area contributed by atoms with Crippen molar-refractivity contribution in [3.63, 3.8) is 0 Å². The molecule has 0 aliphatic heterocycles. The third-order valence-corrected chi connectivity index (χ3v) is 6.32. The average Bonchev–Trinajstić information content (AvgIpc) is 2.54. The molecular weight excluding hydrogens is 366 g/mol. The number of nitrogens with zero attached hydrogens (tertiary/aromatic N) is 1. The van der Waals surface area contributed by atoms with Gasteiger partial charge in [-0.2, -0.15) is 0 Å². The number of benzene rings is 1. The van der Waals surface area contributed by atoms with Crippen molar-refractivity contribution in [1.82, 2.24) is 4.98 Å². The van der Waals surface area contributed by atoms with Crippen LogP contribution in [0, 0.1) is 5.92 Å². The molecule has 2 amide bonds. The molecule has 29 heavy (non-hydrogen) atoms. The topological polar surface area (TPSA) is 105 Å². The largest absolute Gasteiger partial charge is 0.508 e. The molecule has 0 saturated heterocycles. The Hall–Kier alpha value is -2.89. The van der Waals surface area contributed by atoms with Gasteiger partial charge in [0.1, 0.15) is 11.4 Å². The number of phenols is 1. The van der Waals surface area contributed by atoms with E-state index in [9.17, 15) is 14.7 Å². The molecule has 1 aromatic carbocycles. The Kier molecular flexibility index (Phi) is 4.41. The van der Waals surface area contributed by atoms with Crippen LogP contribution >= 0.6 is 0 Å². The number of nitrogens with one attached hydrogen (secondary N) is 1. The van der Waals surface area contributed by atoms with Crippen molar-refractivity contribution in [1.29, 1.82) is 0 Å². The molecule has 3 saturated carbocycles. The summed E-state index contributed by atoms with van der Waals surface area (Å²) in [5.41, 5.74) is 8.64. The van der Waals surface area contributed by atoms with E-state index in [-0.39, 0.29) is 34.6 Å². The second kappa shape index (κ2) is 6.58. The minimum absolute atomic E-state index is 0.0407. The van der Waals surface area contributed by atoms with Crippen molar-refractivity contribution >= 4 is 17.5 Å². The Bertz CT molecular complexity index is 990. The highest BCUT2D eigenvalue weighted by Gasteiger charge is 2.59. The van der Waals surface area contributed by atoms with Crippen molar-refractivity contribution in [2.24, 2.45) is 11.7 Å². The summed E-state index contributed by atoms with van der Waals surface area (Å²) in [6, 6.07) is 7.11. The number of amides is 2. The third-order valence-electron chi connectivity index (χ3n) is 6.32. The Labute approximate surface area is 170 Å². The number of pyridine rings is 1. The smallest absolute Gasteiger partial charge is 0.267 e. The summed E-state index contributed by atoms with van der Waals surface area (Å²) in [5.74, 6) is -0.0194. The number of carbonyl (C=O) groups excluding carboxylic acids is 2. The third kappa shape index (κ3) is 3.37. The number of phenolic OH excluding ortho intramolecular Hbond substituents is 1. The first-order valence-electron chi connectivity index (χ1n) is 10.0. The van der Waals surface area contributed by atoms with Crippen LogP contribution in [0.15, 0.2) is 30.5 Å². The summed E-state index contributed by atoms with van der Waals surface area (Å²) in [5, 5.41) is 13.2. The molecule has 6 nitrogen and oxygen atoms in total. The van der Waals surface area contributed by atoms with Crippen LogP contribution in [0.3, 0.4) is 0 Å². The molecule has 0 atom stereocenters. The van der Waals surface area contributed by atoms with Gasteiger partial charge in [-0.25, -0.2) is 0 Å². The first-order chi connectivity index (χ1) is 13.6. The fourth-order valence-corrected chi connectivity index (χ4v) is 4.64. The minimum Gasteiger partial charge on any atom is -0.508 e. The summed E-state index contributed by atoms with van der Waals surface area (Å²) in [6.07, 6.45) is 4.57. The standard InChI is InChI=1S/C23H27N3O3/c1-22(2,3)15-4-5-17(27)14(8-15)9-18(28)26-16-6-7-25-20(21(24)29)19(16)23-10-13(11-23)12-23/h4-8,13,27H,9-12H2,1-3H3,(H2,24,29)(H,25,26,28). The van der Waals surface area contributed by atoms with E-state index in [2.05, 4.69) is 31.1 Å². The van der Waals surface area contributed by atoms with Gasteiger partial charge < -0.3 is 16.2 Å². The Morgan fingerprint density at radius 3 is 2.48 bits per heavy atom. The molecule has 3 aliphatic carbocycles. The monoisotopic (exact) mass is 393 g/mol. The SMILES string of the molecule is CC(C)(C)c1ccc(O)c(CC(=O)Nc2ccnc(C(N)=O)c2C23CC(C2)C3)c1. The maximum Gasteiger partial charge on any atom is 0.267 e. The first kappa shape index (κ1) is 19.4. The highest BCUT2D eigenvalue weighted by Crippen LogP contribution is 2.66. The maximum absolute atomic E-state index is 12.8. The fourth-order valence-electron chi connectivity index (χ4n) is 4.64. The highest BCUT2D eigenvalue weighted by atomic mass is 16.3. The number of hydrogen-bond donors (Lipinski definition) is 3. The number of rotatable bonds is 5. The second-order valence-corrected chi connectivity index (χ2v) is 9.52. The van der Waals surface area contributed by atoms with Crippen LogP contribution in [-0.4, -0.2) is 21.9 Å². The summed E-state index contributed by atoms with van der Waals surface area (Å²) in [7, 11) is 0. The zero-order valence-electron chi connectivity index (χ0n) is 17.1. The van der Waals surface area contributed by atoms with Gasteiger partial charge in [0.2, 0.25) is 5.91 Å². The number of nitrogens with two attached hydrogens (primary N) is 1. The molecule has 1 heterocycles. The first-order valence-corrected chi connectivity index (χ1v) is 10.0. The number of carbonyl (C=O) groups is 2. The zero-order valence-corrected chi connectivity index (χ0v) is 17.1. The highest BCUT2D eigenvalue weighted by molar-refractivity contribution is 5.98. The van der Waals surface area contributed by atoms with Crippen LogP contribution < -0.4 is 11.1 Å². The van der Waals surface area contributed by atoms with Crippen LogP contribution in [-0.2, 0) is 22.0 Å². The van der Waals surface area contributed by atoms with Gasteiger partial charge in [-0.15, -0.1) is 0 Å². The summed E-state index contributed by atoms with van der Waals surface area (Å²) in [6.45, 7) is 6.25. The maximum atomic E-state index is 12.8. The lowest BCUT2D eigenvalue weighted by Crippen LogP contribution is -2.56. The molecule has 4 N–H and O–H groups in total. The quantitative estimate of drug-likeness (QED) is 0.724. The molecule has 0 unspecified atom stereocenters. The molecule has 3 aliphatic rings.